The molecule has 0 heterocycles. The van der Waals surface area contributed by atoms with E-state index in [-0.39, 0.29) is 0 Å². The van der Waals surface area contributed by atoms with Gasteiger partial charge in [0.05, 0.1) is 6.61 Å². The Morgan fingerprint density at radius 3 is 2.60 bits per heavy atom. The zero-order valence-electron chi connectivity index (χ0n) is 9.13. The van der Waals surface area contributed by atoms with Crippen LogP contribution in [0.5, 0.6) is 0 Å². The van der Waals surface area contributed by atoms with Gasteiger partial charge >= 0.3 is 0 Å². The zero-order valence-corrected chi connectivity index (χ0v) is 10.7. The lowest BCUT2D eigenvalue weighted by Gasteiger charge is -2.04. The first kappa shape index (κ1) is 12.7. The van der Waals surface area contributed by atoms with E-state index in [1.54, 1.807) is 0 Å². The molecule has 0 unspecified atom stereocenters. The molecular formula is C12H18BrNO. The smallest absolute Gasteiger partial charge is 0.0716 e. The van der Waals surface area contributed by atoms with Crippen molar-refractivity contribution in [3.05, 3.63) is 34.3 Å². The highest BCUT2D eigenvalue weighted by Crippen LogP contribution is 2.11. The fourth-order valence-electron chi connectivity index (χ4n) is 1.28. The molecule has 0 amide bonds. The van der Waals surface area contributed by atoms with Crippen LogP contribution in [0, 0.1) is 0 Å². The fraction of sp³-hybridized carbons (Fsp3) is 0.500. The van der Waals surface area contributed by atoms with E-state index in [0.29, 0.717) is 6.61 Å². The number of benzene rings is 1. The summed E-state index contributed by atoms with van der Waals surface area (Å²) < 4.78 is 6.67. The minimum absolute atomic E-state index is 0.715. The summed E-state index contributed by atoms with van der Waals surface area (Å²) in [6, 6.07) is 8.24. The average molecular weight is 272 g/mol. The van der Waals surface area contributed by atoms with Crippen molar-refractivity contribution in [1.82, 2.24) is 5.32 Å². The van der Waals surface area contributed by atoms with Crippen LogP contribution in [-0.2, 0) is 11.3 Å². The van der Waals surface area contributed by atoms with Gasteiger partial charge in [0.1, 0.15) is 0 Å². The Morgan fingerprint density at radius 2 is 1.93 bits per heavy atom. The molecule has 1 aromatic carbocycles. The molecule has 15 heavy (non-hydrogen) atoms. The van der Waals surface area contributed by atoms with Gasteiger partial charge in [-0.15, -0.1) is 0 Å². The third kappa shape index (κ3) is 5.92. The number of unbranched alkanes of at least 4 members (excludes halogenated alkanes) is 1. The quantitative estimate of drug-likeness (QED) is 0.770. The molecule has 0 radical (unpaired) electrons. The standard InChI is InChI=1S/C12H18BrNO/c1-14-8-2-3-9-15-10-11-4-6-12(13)7-5-11/h4-7,14H,2-3,8-10H2,1H3. The van der Waals surface area contributed by atoms with E-state index in [1.807, 2.05) is 19.2 Å². The minimum Gasteiger partial charge on any atom is -0.377 e. The highest BCUT2D eigenvalue weighted by Gasteiger charge is 1.93. The van der Waals surface area contributed by atoms with Crippen LogP contribution < -0.4 is 5.32 Å². The maximum absolute atomic E-state index is 5.56. The summed E-state index contributed by atoms with van der Waals surface area (Å²) in [4.78, 5) is 0. The van der Waals surface area contributed by atoms with Crippen molar-refractivity contribution in [3.8, 4) is 0 Å². The van der Waals surface area contributed by atoms with Crippen LogP contribution in [0.1, 0.15) is 18.4 Å². The zero-order chi connectivity index (χ0) is 10.9. The van der Waals surface area contributed by atoms with E-state index in [9.17, 15) is 0 Å². The van der Waals surface area contributed by atoms with Gasteiger partial charge < -0.3 is 10.1 Å². The van der Waals surface area contributed by atoms with Gasteiger partial charge in [0.25, 0.3) is 0 Å². The summed E-state index contributed by atoms with van der Waals surface area (Å²) in [6.07, 6.45) is 2.30. The van der Waals surface area contributed by atoms with Crippen molar-refractivity contribution < 1.29 is 4.74 Å². The predicted octanol–water partition coefficient (Wildman–Crippen LogP) is 2.97. The summed E-state index contributed by atoms with van der Waals surface area (Å²) >= 11 is 3.41. The second-order valence-electron chi connectivity index (χ2n) is 3.49. The molecule has 0 aliphatic heterocycles. The van der Waals surface area contributed by atoms with Crippen molar-refractivity contribution in [2.45, 2.75) is 19.4 Å². The molecule has 0 aliphatic rings. The Hall–Kier alpha value is -0.380. The van der Waals surface area contributed by atoms with Crippen LogP contribution in [-0.4, -0.2) is 20.2 Å². The van der Waals surface area contributed by atoms with Gasteiger partial charge in [-0.2, -0.15) is 0 Å². The van der Waals surface area contributed by atoms with E-state index in [0.717, 1.165) is 24.0 Å². The summed E-state index contributed by atoms with van der Waals surface area (Å²) in [5.74, 6) is 0. The van der Waals surface area contributed by atoms with Gasteiger partial charge in [-0.25, -0.2) is 0 Å². The lowest BCUT2D eigenvalue weighted by Crippen LogP contribution is -2.08. The first-order valence-electron chi connectivity index (χ1n) is 5.29. The summed E-state index contributed by atoms with van der Waals surface area (Å²) in [7, 11) is 1.97. The Balaban J connectivity index is 2.07. The first-order chi connectivity index (χ1) is 7.33. The maximum atomic E-state index is 5.56. The Labute approximate surface area is 100 Å². The molecule has 0 aromatic heterocycles. The van der Waals surface area contributed by atoms with E-state index in [1.165, 1.54) is 12.0 Å². The van der Waals surface area contributed by atoms with Crippen LogP contribution in [0.3, 0.4) is 0 Å². The molecule has 0 atom stereocenters. The molecule has 0 saturated carbocycles. The molecule has 0 aliphatic carbocycles. The van der Waals surface area contributed by atoms with Gasteiger partial charge in [0, 0.05) is 11.1 Å². The number of hydrogen-bond acceptors (Lipinski definition) is 2. The lowest BCUT2D eigenvalue weighted by molar-refractivity contribution is 0.117. The molecule has 1 N–H and O–H groups in total. The summed E-state index contributed by atoms with van der Waals surface area (Å²) in [5, 5.41) is 3.12. The van der Waals surface area contributed by atoms with Gasteiger partial charge in [-0.05, 0) is 44.1 Å². The van der Waals surface area contributed by atoms with Crippen molar-refractivity contribution in [2.24, 2.45) is 0 Å². The molecule has 3 heteroatoms. The topological polar surface area (TPSA) is 21.3 Å². The molecule has 0 spiro atoms. The molecule has 1 rings (SSSR count). The number of rotatable bonds is 7. The van der Waals surface area contributed by atoms with Gasteiger partial charge in [-0.3, -0.25) is 0 Å². The lowest BCUT2D eigenvalue weighted by atomic mass is 10.2. The largest absolute Gasteiger partial charge is 0.377 e. The van der Waals surface area contributed by atoms with Gasteiger partial charge in [0.15, 0.2) is 0 Å². The van der Waals surface area contributed by atoms with Crippen molar-refractivity contribution >= 4 is 15.9 Å². The summed E-state index contributed by atoms with van der Waals surface area (Å²) in [5.41, 5.74) is 1.23. The van der Waals surface area contributed by atoms with Crippen LogP contribution in [0.15, 0.2) is 28.7 Å². The fourth-order valence-corrected chi connectivity index (χ4v) is 1.54. The van der Waals surface area contributed by atoms with Gasteiger partial charge in [0.2, 0.25) is 0 Å². The van der Waals surface area contributed by atoms with Crippen molar-refractivity contribution in [3.63, 3.8) is 0 Å². The molecule has 0 fully saturated rings. The van der Waals surface area contributed by atoms with Crippen molar-refractivity contribution in [2.75, 3.05) is 20.2 Å². The second-order valence-corrected chi connectivity index (χ2v) is 4.41. The van der Waals surface area contributed by atoms with E-state index >= 15 is 0 Å². The van der Waals surface area contributed by atoms with Crippen LogP contribution >= 0.6 is 15.9 Å². The SMILES string of the molecule is CNCCCCOCc1ccc(Br)cc1. The van der Waals surface area contributed by atoms with Crippen LogP contribution in [0.4, 0.5) is 0 Å². The predicted molar refractivity (Wildman–Crippen MR) is 67.0 cm³/mol. The third-order valence-corrected chi connectivity index (χ3v) is 2.68. The molecule has 0 saturated heterocycles. The minimum atomic E-state index is 0.715. The van der Waals surface area contributed by atoms with Gasteiger partial charge in [-0.1, -0.05) is 28.1 Å². The molecule has 84 valence electrons. The number of hydrogen-bond donors (Lipinski definition) is 1. The van der Waals surface area contributed by atoms with E-state index in [4.69, 9.17) is 4.74 Å². The Kier molecular flexibility index (Phi) is 6.64. The maximum Gasteiger partial charge on any atom is 0.0716 e. The number of halogens is 1. The number of nitrogens with one attached hydrogen (secondary N) is 1. The normalized spacial score (nSPS) is 10.5. The highest BCUT2D eigenvalue weighted by atomic mass is 79.9. The highest BCUT2D eigenvalue weighted by molar-refractivity contribution is 9.10. The van der Waals surface area contributed by atoms with E-state index in [2.05, 4.69) is 33.4 Å². The average Bonchev–Trinajstić information content (AvgIpc) is 2.26. The third-order valence-electron chi connectivity index (χ3n) is 2.15. The van der Waals surface area contributed by atoms with E-state index < -0.39 is 0 Å². The number of ether oxygens (including phenoxy) is 1. The Bertz CT molecular complexity index is 261. The van der Waals surface area contributed by atoms with Crippen LogP contribution in [0.2, 0.25) is 0 Å². The van der Waals surface area contributed by atoms with Crippen molar-refractivity contribution in [1.29, 1.82) is 0 Å². The Morgan fingerprint density at radius 1 is 1.20 bits per heavy atom. The molecule has 1 aromatic rings. The summed E-state index contributed by atoms with van der Waals surface area (Å²) in [6.45, 7) is 2.63. The monoisotopic (exact) mass is 271 g/mol. The van der Waals surface area contributed by atoms with Crippen LogP contribution in [0.25, 0.3) is 0 Å². The first-order valence-corrected chi connectivity index (χ1v) is 6.09. The molecule has 0 bridgehead atoms. The molecular weight excluding hydrogens is 254 g/mol. The molecule has 2 nitrogen and oxygen atoms in total. The second kappa shape index (κ2) is 7.85.